The van der Waals surface area contributed by atoms with Gasteiger partial charge in [0.1, 0.15) is 5.75 Å². The predicted octanol–water partition coefficient (Wildman–Crippen LogP) is 3.39. The molecule has 31 heavy (non-hydrogen) atoms. The summed E-state index contributed by atoms with van der Waals surface area (Å²) in [7, 11) is 0. The summed E-state index contributed by atoms with van der Waals surface area (Å²) in [6.45, 7) is 0. The van der Waals surface area contributed by atoms with E-state index in [1.54, 1.807) is 48.5 Å². The molecule has 0 fully saturated rings. The largest absolute Gasteiger partial charge is 0.508 e. The van der Waals surface area contributed by atoms with E-state index < -0.39 is 17.7 Å². The van der Waals surface area contributed by atoms with Gasteiger partial charge in [0.15, 0.2) is 0 Å². The molecule has 156 valence electrons. The lowest BCUT2D eigenvalue weighted by atomic mass is 10.1. The van der Waals surface area contributed by atoms with E-state index in [-0.39, 0.29) is 17.0 Å². The number of nitrogens with zero attached hydrogens (tertiary/aromatic N) is 1. The molecule has 0 saturated heterocycles. The minimum atomic E-state index is -1.01. The number of para-hydroxylation sites is 1. The van der Waals surface area contributed by atoms with Crippen LogP contribution in [0.15, 0.2) is 77.9 Å². The molecule has 3 rings (SSSR count). The van der Waals surface area contributed by atoms with Crippen molar-refractivity contribution in [2.45, 2.75) is 0 Å². The summed E-state index contributed by atoms with van der Waals surface area (Å²) in [5.41, 5.74) is 3.58. The number of anilines is 2. The van der Waals surface area contributed by atoms with Gasteiger partial charge in [-0.2, -0.15) is 5.10 Å². The van der Waals surface area contributed by atoms with Crippen molar-refractivity contribution >= 4 is 46.9 Å². The molecule has 4 N–H and O–H groups in total. The number of phenols is 1. The first-order valence-corrected chi connectivity index (χ1v) is 9.39. The second kappa shape index (κ2) is 10.0. The van der Waals surface area contributed by atoms with Gasteiger partial charge in [-0.25, -0.2) is 5.43 Å². The topological polar surface area (TPSA) is 120 Å². The van der Waals surface area contributed by atoms with E-state index in [0.29, 0.717) is 16.3 Å². The zero-order valence-electron chi connectivity index (χ0n) is 16.0. The van der Waals surface area contributed by atoms with E-state index >= 15 is 0 Å². The number of carbonyl (C=O) groups excluding carboxylic acids is 3. The lowest BCUT2D eigenvalue weighted by molar-refractivity contribution is -0.136. The summed E-state index contributed by atoms with van der Waals surface area (Å²) in [4.78, 5) is 36.8. The van der Waals surface area contributed by atoms with Gasteiger partial charge in [0, 0.05) is 10.7 Å². The van der Waals surface area contributed by atoms with Crippen LogP contribution in [0.25, 0.3) is 0 Å². The minimum Gasteiger partial charge on any atom is -0.508 e. The molecule has 0 aliphatic heterocycles. The van der Waals surface area contributed by atoms with Gasteiger partial charge in [0.05, 0.1) is 17.5 Å². The van der Waals surface area contributed by atoms with Crippen molar-refractivity contribution in [3.05, 3.63) is 88.9 Å². The molecule has 0 spiro atoms. The molecule has 0 heterocycles. The number of phenolic OH excluding ortho intramolecular Hbond substituents is 1. The third-order valence-corrected chi connectivity index (χ3v) is 4.25. The smallest absolute Gasteiger partial charge is 0.329 e. The zero-order chi connectivity index (χ0) is 22.2. The SMILES string of the molecule is O=C(NN=Cc1ccc(O)cc1)C(=O)Nc1ccccc1C(=O)Nc1ccc(Cl)cc1. The fraction of sp³-hybridized carbons (Fsp3) is 0. The highest BCUT2D eigenvalue weighted by Crippen LogP contribution is 2.19. The predicted molar refractivity (Wildman–Crippen MR) is 118 cm³/mol. The Morgan fingerprint density at radius 3 is 2.23 bits per heavy atom. The van der Waals surface area contributed by atoms with Gasteiger partial charge in [-0.05, 0) is 66.2 Å². The van der Waals surface area contributed by atoms with Crippen LogP contribution in [0, 0.1) is 0 Å². The summed E-state index contributed by atoms with van der Waals surface area (Å²) in [6.07, 6.45) is 1.32. The molecule has 0 aliphatic carbocycles. The molecule has 0 radical (unpaired) electrons. The minimum absolute atomic E-state index is 0.0966. The quantitative estimate of drug-likeness (QED) is 0.278. The second-order valence-electron chi connectivity index (χ2n) is 6.25. The molecule has 0 atom stereocenters. The average molecular weight is 437 g/mol. The molecule has 0 unspecified atom stereocenters. The Hall–Kier alpha value is -4.17. The number of benzene rings is 3. The van der Waals surface area contributed by atoms with Gasteiger partial charge in [-0.1, -0.05) is 23.7 Å². The number of halogens is 1. The Kier molecular flexibility index (Phi) is 6.97. The van der Waals surface area contributed by atoms with Gasteiger partial charge >= 0.3 is 11.8 Å². The Bertz CT molecular complexity index is 1130. The highest BCUT2D eigenvalue weighted by molar-refractivity contribution is 6.40. The van der Waals surface area contributed by atoms with Crippen molar-refractivity contribution in [3.8, 4) is 5.75 Å². The molecule has 8 nitrogen and oxygen atoms in total. The number of rotatable bonds is 5. The average Bonchev–Trinajstić information content (AvgIpc) is 2.77. The van der Waals surface area contributed by atoms with Crippen molar-refractivity contribution < 1.29 is 19.5 Å². The lowest BCUT2D eigenvalue weighted by Crippen LogP contribution is -2.33. The van der Waals surface area contributed by atoms with Crippen LogP contribution in [-0.4, -0.2) is 29.0 Å². The van der Waals surface area contributed by atoms with Crippen LogP contribution in [0.4, 0.5) is 11.4 Å². The maximum Gasteiger partial charge on any atom is 0.329 e. The fourth-order valence-corrected chi connectivity index (χ4v) is 2.60. The number of carbonyl (C=O) groups is 3. The number of amides is 3. The normalized spacial score (nSPS) is 10.5. The van der Waals surface area contributed by atoms with E-state index in [1.165, 1.54) is 30.5 Å². The first-order valence-electron chi connectivity index (χ1n) is 9.02. The highest BCUT2D eigenvalue weighted by atomic mass is 35.5. The van der Waals surface area contributed by atoms with E-state index in [4.69, 9.17) is 11.6 Å². The summed E-state index contributed by atoms with van der Waals surface area (Å²) in [6, 6.07) is 18.9. The summed E-state index contributed by atoms with van der Waals surface area (Å²) in [5.74, 6) is -2.37. The number of nitrogens with one attached hydrogen (secondary N) is 3. The first-order chi connectivity index (χ1) is 14.9. The van der Waals surface area contributed by atoms with Crippen LogP contribution in [0.5, 0.6) is 5.75 Å². The van der Waals surface area contributed by atoms with Crippen molar-refractivity contribution in [3.63, 3.8) is 0 Å². The van der Waals surface area contributed by atoms with Crippen LogP contribution in [-0.2, 0) is 9.59 Å². The lowest BCUT2D eigenvalue weighted by Gasteiger charge is -2.11. The van der Waals surface area contributed by atoms with Crippen molar-refractivity contribution in [1.29, 1.82) is 0 Å². The second-order valence-corrected chi connectivity index (χ2v) is 6.69. The molecule has 0 bridgehead atoms. The zero-order valence-corrected chi connectivity index (χ0v) is 16.8. The first kappa shape index (κ1) is 21.5. The number of hydrogen-bond acceptors (Lipinski definition) is 5. The standard InChI is InChI=1S/C22H17ClN4O4/c23-15-7-9-16(10-8-15)25-20(29)18-3-1-2-4-19(18)26-21(30)22(31)27-24-13-14-5-11-17(28)12-6-14/h1-13,28H,(H,25,29)(H,26,30)(H,27,31). The monoisotopic (exact) mass is 436 g/mol. The maximum absolute atomic E-state index is 12.6. The van der Waals surface area contributed by atoms with E-state index in [2.05, 4.69) is 21.2 Å². The molecule has 0 saturated carbocycles. The molecule has 9 heteroatoms. The Labute approximate surface area is 182 Å². The van der Waals surface area contributed by atoms with Crippen molar-refractivity contribution in [2.75, 3.05) is 10.6 Å². The Morgan fingerprint density at radius 1 is 0.839 bits per heavy atom. The summed E-state index contributed by atoms with van der Waals surface area (Å²) >= 11 is 5.84. The molecule has 0 aromatic heterocycles. The van der Waals surface area contributed by atoms with Crippen LogP contribution >= 0.6 is 11.6 Å². The fourth-order valence-electron chi connectivity index (χ4n) is 2.48. The number of hydrogen-bond donors (Lipinski definition) is 4. The van der Waals surface area contributed by atoms with Gasteiger partial charge in [0.25, 0.3) is 5.91 Å². The van der Waals surface area contributed by atoms with Crippen LogP contribution in [0.1, 0.15) is 15.9 Å². The molecular formula is C22H17ClN4O4. The van der Waals surface area contributed by atoms with Crippen LogP contribution in [0.3, 0.4) is 0 Å². The Morgan fingerprint density at radius 2 is 1.52 bits per heavy atom. The van der Waals surface area contributed by atoms with Gasteiger partial charge in [-0.3, -0.25) is 14.4 Å². The molecule has 0 aliphatic rings. The number of hydrazone groups is 1. The van der Waals surface area contributed by atoms with Crippen molar-refractivity contribution in [1.82, 2.24) is 5.43 Å². The van der Waals surface area contributed by atoms with Gasteiger partial charge in [0.2, 0.25) is 0 Å². The van der Waals surface area contributed by atoms with Gasteiger partial charge < -0.3 is 15.7 Å². The van der Waals surface area contributed by atoms with E-state index in [1.807, 2.05) is 0 Å². The summed E-state index contributed by atoms with van der Waals surface area (Å²) < 4.78 is 0. The summed E-state index contributed by atoms with van der Waals surface area (Å²) in [5, 5.41) is 18.6. The van der Waals surface area contributed by atoms with Gasteiger partial charge in [-0.15, -0.1) is 0 Å². The van der Waals surface area contributed by atoms with E-state index in [0.717, 1.165) is 0 Å². The van der Waals surface area contributed by atoms with E-state index in [9.17, 15) is 19.5 Å². The molecule has 3 aromatic rings. The number of aromatic hydroxyl groups is 1. The third kappa shape index (κ3) is 6.15. The molecule has 3 amide bonds. The Balaban J connectivity index is 1.63. The van der Waals surface area contributed by atoms with Crippen LogP contribution < -0.4 is 16.1 Å². The third-order valence-electron chi connectivity index (χ3n) is 4.00. The van der Waals surface area contributed by atoms with Crippen LogP contribution in [0.2, 0.25) is 5.02 Å². The molecule has 3 aromatic carbocycles. The molecular weight excluding hydrogens is 420 g/mol. The maximum atomic E-state index is 12.6. The highest BCUT2D eigenvalue weighted by Gasteiger charge is 2.17. The van der Waals surface area contributed by atoms with Crippen molar-refractivity contribution in [2.24, 2.45) is 5.10 Å².